The van der Waals surface area contributed by atoms with Crippen LogP contribution in [0.1, 0.15) is 5.56 Å². The molecular formula is C18H18F2N2O5. The molecule has 0 atom stereocenters. The Morgan fingerprint density at radius 3 is 2.48 bits per heavy atom. The van der Waals surface area contributed by atoms with Gasteiger partial charge in [-0.05, 0) is 42.5 Å². The van der Waals surface area contributed by atoms with E-state index in [9.17, 15) is 13.6 Å². The Bertz CT molecular complexity index is 782. The second-order valence-corrected chi connectivity index (χ2v) is 5.07. The maximum atomic E-state index is 12.3. The summed E-state index contributed by atoms with van der Waals surface area (Å²) in [5.74, 6) is 0.311. The number of ether oxygens (including phenoxy) is 3. The molecule has 2 rings (SSSR count). The van der Waals surface area contributed by atoms with Gasteiger partial charge in [-0.15, -0.1) is 0 Å². The third kappa shape index (κ3) is 6.46. The fourth-order valence-electron chi connectivity index (χ4n) is 2.02. The Morgan fingerprint density at radius 1 is 1.11 bits per heavy atom. The molecule has 7 nitrogen and oxygen atoms in total. The Morgan fingerprint density at radius 2 is 1.85 bits per heavy atom. The Balaban J connectivity index is 1.84. The van der Waals surface area contributed by atoms with Crippen molar-refractivity contribution in [3.63, 3.8) is 0 Å². The fourth-order valence-corrected chi connectivity index (χ4v) is 2.02. The fraction of sp³-hybridized carbons (Fsp3) is 0.222. The second-order valence-electron chi connectivity index (χ2n) is 5.07. The number of alkyl halides is 2. The lowest BCUT2D eigenvalue weighted by molar-refractivity contribution is -0.120. The van der Waals surface area contributed by atoms with Crippen LogP contribution in [-0.4, -0.2) is 39.6 Å². The summed E-state index contributed by atoms with van der Waals surface area (Å²) in [4.78, 5) is 16.7. The van der Waals surface area contributed by atoms with Crippen LogP contribution in [0.2, 0.25) is 0 Å². The summed E-state index contributed by atoms with van der Waals surface area (Å²) in [5.41, 5.74) is 1.11. The molecule has 144 valence electrons. The average Bonchev–Trinajstić information content (AvgIpc) is 2.66. The molecule has 0 fully saturated rings. The molecule has 0 aliphatic rings. The van der Waals surface area contributed by atoms with Crippen LogP contribution in [0, 0.1) is 0 Å². The third-order valence-corrected chi connectivity index (χ3v) is 3.25. The number of nitrogens with one attached hydrogen (secondary N) is 1. The number of carbonyl (C=O) groups is 1. The largest absolute Gasteiger partial charge is 0.497 e. The molecule has 0 aliphatic heterocycles. The monoisotopic (exact) mass is 380 g/mol. The average molecular weight is 380 g/mol. The normalized spacial score (nSPS) is 10.7. The molecule has 0 saturated heterocycles. The maximum Gasteiger partial charge on any atom is 0.387 e. The van der Waals surface area contributed by atoms with E-state index in [1.165, 1.54) is 31.5 Å². The van der Waals surface area contributed by atoms with Crippen molar-refractivity contribution in [2.45, 2.75) is 6.61 Å². The van der Waals surface area contributed by atoms with Gasteiger partial charge in [-0.2, -0.15) is 8.78 Å². The number of methoxy groups -OCH3 is 2. The molecule has 0 saturated carbocycles. The summed E-state index contributed by atoms with van der Waals surface area (Å²) in [5, 5.41) is 6.30. The molecule has 0 radical (unpaired) electrons. The highest BCUT2D eigenvalue weighted by atomic mass is 19.3. The van der Waals surface area contributed by atoms with E-state index >= 15 is 0 Å². The molecule has 2 aromatic carbocycles. The highest BCUT2D eigenvalue weighted by Crippen LogP contribution is 2.28. The van der Waals surface area contributed by atoms with Crippen LogP contribution in [0.4, 0.5) is 14.5 Å². The summed E-state index contributed by atoms with van der Waals surface area (Å²) in [6.45, 7) is -3.25. The van der Waals surface area contributed by atoms with E-state index in [2.05, 4.69) is 15.2 Å². The Hall–Kier alpha value is -3.36. The van der Waals surface area contributed by atoms with E-state index in [4.69, 9.17) is 14.3 Å². The van der Waals surface area contributed by atoms with Gasteiger partial charge in [0.15, 0.2) is 18.1 Å². The van der Waals surface area contributed by atoms with Gasteiger partial charge >= 0.3 is 6.61 Å². The first-order valence-electron chi connectivity index (χ1n) is 7.74. The van der Waals surface area contributed by atoms with Crippen LogP contribution in [0.25, 0.3) is 0 Å². The SMILES string of the molecule is COc1ccc(NC(=O)CO/N=C\c2ccc(OC(F)F)c(OC)c2)cc1. The van der Waals surface area contributed by atoms with E-state index in [1.54, 1.807) is 31.4 Å². The summed E-state index contributed by atoms with van der Waals surface area (Å²) < 4.78 is 38.9. The minimum Gasteiger partial charge on any atom is -0.497 e. The number of benzene rings is 2. The zero-order valence-corrected chi connectivity index (χ0v) is 14.6. The predicted molar refractivity (Wildman–Crippen MR) is 94.8 cm³/mol. The van der Waals surface area contributed by atoms with Gasteiger partial charge in [0.05, 0.1) is 20.4 Å². The first-order valence-corrected chi connectivity index (χ1v) is 7.74. The molecule has 1 amide bonds. The smallest absolute Gasteiger partial charge is 0.387 e. The summed E-state index contributed by atoms with van der Waals surface area (Å²) in [6.07, 6.45) is 1.31. The number of anilines is 1. The standard InChI is InChI=1S/C18H18F2N2O5/c1-24-14-6-4-13(5-7-14)22-17(23)11-26-21-10-12-3-8-15(27-18(19)20)16(9-12)25-2/h3-10,18H,11H2,1-2H3,(H,22,23)/b21-10-. The predicted octanol–water partition coefficient (Wildman–Crippen LogP) is 3.29. The molecule has 0 heterocycles. The van der Waals surface area contributed by atoms with Crippen LogP contribution < -0.4 is 19.5 Å². The van der Waals surface area contributed by atoms with Crippen LogP contribution in [0.15, 0.2) is 47.6 Å². The van der Waals surface area contributed by atoms with E-state index < -0.39 is 12.5 Å². The Labute approximate surface area is 154 Å². The summed E-state index contributed by atoms with van der Waals surface area (Å²) in [7, 11) is 2.88. The number of oxime groups is 1. The third-order valence-electron chi connectivity index (χ3n) is 3.25. The van der Waals surface area contributed by atoms with Gasteiger partial charge in [-0.25, -0.2) is 0 Å². The second kappa shape index (κ2) is 9.95. The lowest BCUT2D eigenvalue weighted by atomic mass is 10.2. The summed E-state index contributed by atoms with van der Waals surface area (Å²) in [6, 6.07) is 11.1. The topological polar surface area (TPSA) is 78.4 Å². The molecule has 9 heteroatoms. The van der Waals surface area contributed by atoms with Crippen molar-refractivity contribution in [2.24, 2.45) is 5.16 Å². The van der Waals surface area contributed by atoms with Gasteiger partial charge in [0.2, 0.25) is 0 Å². The van der Waals surface area contributed by atoms with Crippen molar-refractivity contribution < 1.29 is 32.6 Å². The number of rotatable bonds is 9. The number of hydrogen-bond donors (Lipinski definition) is 1. The van der Waals surface area contributed by atoms with Crippen LogP contribution in [0.3, 0.4) is 0 Å². The van der Waals surface area contributed by atoms with E-state index in [0.29, 0.717) is 17.0 Å². The van der Waals surface area contributed by atoms with Crippen molar-refractivity contribution in [1.29, 1.82) is 0 Å². The molecule has 0 bridgehead atoms. The van der Waals surface area contributed by atoms with Crippen molar-refractivity contribution in [3.8, 4) is 17.2 Å². The van der Waals surface area contributed by atoms with Crippen LogP contribution in [0.5, 0.6) is 17.2 Å². The maximum absolute atomic E-state index is 12.3. The molecule has 0 aromatic heterocycles. The molecule has 1 N–H and O–H groups in total. The Kier molecular flexibility index (Phi) is 7.36. The minimum absolute atomic E-state index is 0.0931. The van der Waals surface area contributed by atoms with Gasteiger partial charge in [-0.3, -0.25) is 4.79 Å². The van der Waals surface area contributed by atoms with E-state index in [1.807, 2.05) is 0 Å². The van der Waals surface area contributed by atoms with Crippen LogP contribution in [-0.2, 0) is 9.63 Å². The number of halogens is 2. The van der Waals surface area contributed by atoms with Crippen molar-refractivity contribution in [2.75, 3.05) is 26.1 Å². The molecule has 0 aliphatic carbocycles. The zero-order valence-electron chi connectivity index (χ0n) is 14.6. The quantitative estimate of drug-likeness (QED) is 0.534. The zero-order chi connectivity index (χ0) is 19.6. The highest BCUT2D eigenvalue weighted by Gasteiger charge is 2.10. The number of hydrogen-bond acceptors (Lipinski definition) is 6. The molecule has 2 aromatic rings. The van der Waals surface area contributed by atoms with Crippen molar-refractivity contribution in [3.05, 3.63) is 48.0 Å². The van der Waals surface area contributed by atoms with Gasteiger partial charge < -0.3 is 24.4 Å². The van der Waals surface area contributed by atoms with Crippen molar-refractivity contribution >= 4 is 17.8 Å². The van der Waals surface area contributed by atoms with Gasteiger partial charge in [0.25, 0.3) is 5.91 Å². The molecule has 0 spiro atoms. The number of nitrogens with zero attached hydrogens (tertiary/aromatic N) is 1. The van der Waals surface area contributed by atoms with Gasteiger partial charge in [-0.1, -0.05) is 5.16 Å². The number of carbonyl (C=O) groups excluding carboxylic acids is 1. The number of amides is 1. The van der Waals surface area contributed by atoms with Gasteiger partial charge in [0.1, 0.15) is 5.75 Å². The van der Waals surface area contributed by atoms with E-state index in [0.717, 1.165) is 0 Å². The van der Waals surface area contributed by atoms with Crippen molar-refractivity contribution in [1.82, 2.24) is 0 Å². The molecular weight excluding hydrogens is 362 g/mol. The molecule has 0 unspecified atom stereocenters. The van der Waals surface area contributed by atoms with Gasteiger partial charge in [0, 0.05) is 11.3 Å². The highest BCUT2D eigenvalue weighted by molar-refractivity contribution is 5.91. The minimum atomic E-state index is -2.95. The lowest BCUT2D eigenvalue weighted by Gasteiger charge is -2.09. The summed E-state index contributed by atoms with van der Waals surface area (Å²) >= 11 is 0. The first kappa shape index (κ1) is 20.0. The first-order chi connectivity index (χ1) is 13.0. The molecule has 27 heavy (non-hydrogen) atoms. The van der Waals surface area contributed by atoms with E-state index in [-0.39, 0.29) is 18.1 Å². The van der Waals surface area contributed by atoms with Crippen LogP contribution >= 0.6 is 0 Å². The lowest BCUT2D eigenvalue weighted by Crippen LogP contribution is -2.16.